The Morgan fingerprint density at radius 2 is 0.591 bits per heavy atom. The van der Waals surface area contributed by atoms with Crippen LogP contribution in [0, 0.1) is 0 Å². The van der Waals surface area contributed by atoms with Crippen LogP contribution in [-0.2, 0) is 28.6 Å². The van der Waals surface area contributed by atoms with Crippen molar-refractivity contribution in [1.29, 1.82) is 0 Å². The second kappa shape index (κ2) is 55.0. The summed E-state index contributed by atoms with van der Waals surface area (Å²) in [7, 11) is 0. The molecule has 1 unspecified atom stereocenters. The number of carbonyl (C=O) groups excluding carboxylic acids is 3. The molecule has 6 nitrogen and oxygen atoms in total. The van der Waals surface area contributed by atoms with E-state index in [0.29, 0.717) is 19.3 Å². The zero-order chi connectivity index (χ0) is 47.9. The summed E-state index contributed by atoms with van der Waals surface area (Å²) in [6.45, 7) is 6.54. The Labute approximate surface area is 409 Å². The van der Waals surface area contributed by atoms with E-state index in [2.05, 4.69) is 69.4 Å². The van der Waals surface area contributed by atoms with Crippen LogP contribution in [0.2, 0.25) is 0 Å². The van der Waals surface area contributed by atoms with Gasteiger partial charge in [0.25, 0.3) is 0 Å². The van der Waals surface area contributed by atoms with Crippen LogP contribution in [0.1, 0.15) is 297 Å². The van der Waals surface area contributed by atoms with Crippen molar-refractivity contribution in [2.75, 3.05) is 13.2 Å². The van der Waals surface area contributed by atoms with E-state index in [1.807, 2.05) is 0 Å². The maximum Gasteiger partial charge on any atom is 0.306 e. The van der Waals surface area contributed by atoms with Crippen molar-refractivity contribution in [1.82, 2.24) is 0 Å². The molecule has 0 amide bonds. The van der Waals surface area contributed by atoms with Crippen LogP contribution >= 0.6 is 0 Å². The zero-order valence-electron chi connectivity index (χ0n) is 44.0. The van der Waals surface area contributed by atoms with E-state index in [0.717, 1.165) is 77.0 Å². The lowest BCUT2D eigenvalue weighted by atomic mass is 10.0. The number of rotatable bonds is 52. The van der Waals surface area contributed by atoms with Gasteiger partial charge in [-0.05, 0) is 77.0 Å². The molecule has 0 saturated heterocycles. The number of esters is 3. The van der Waals surface area contributed by atoms with E-state index in [1.165, 1.54) is 180 Å². The van der Waals surface area contributed by atoms with E-state index in [4.69, 9.17) is 14.2 Å². The zero-order valence-corrected chi connectivity index (χ0v) is 44.0. The molecule has 0 saturated carbocycles. The van der Waals surface area contributed by atoms with Crippen molar-refractivity contribution in [2.24, 2.45) is 0 Å². The Balaban J connectivity index is 4.34. The third-order valence-corrected chi connectivity index (χ3v) is 12.6. The molecule has 0 bridgehead atoms. The maximum atomic E-state index is 12.8. The first-order chi connectivity index (χ1) is 32.5. The standard InChI is InChI=1S/C60H108O6/c1-4-7-10-13-16-19-22-25-28-29-30-31-33-35-38-41-44-47-50-53-59(62)65-56-57(55-64-58(61)52-49-46-43-40-37-34-27-24-21-18-15-12-9-6-3)66-60(63)54-51-48-45-42-39-36-32-26-23-20-17-14-11-8-5-2/h7,10,16,19-20,23,25,28,57H,4-6,8-9,11-15,17-18,21-22,24,26-27,29-56H2,1-3H3/b10-7-,19-16-,23-20-,28-25-. The summed E-state index contributed by atoms with van der Waals surface area (Å²) >= 11 is 0. The molecule has 0 aliphatic heterocycles. The molecule has 0 radical (unpaired) electrons. The first-order valence-corrected chi connectivity index (χ1v) is 28.6. The SMILES string of the molecule is CC/C=C\C/C=C\C/C=C\CCCCCCCCCCCC(=O)OCC(COC(=O)CCCCCCCCCCCCCCCC)OC(=O)CCCCCCCCC/C=C\CCCCCC. The molecular weight excluding hydrogens is 817 g/mol. The normalized spacial score (nSPS) is 12.3. The first kappa shape index (κ1) is 63.4. The fraction of sp³-hybridized carbons (Fsp3) is 0.817. The molecule has 384 valence electrons. The smallest absolute Gasteiger partial charge is 0.306 e. The molecule has 0 fully saturated rings. The van der Waals surface area contributed by atoms with Crippen LogP contribution in [0.3, 0.4) is 0 Å². The van der Waals surface area contributed by atoms with E-state index in [1.54, 1.807) is 0 Å². The van der Waals surface area contributed by atoms with Crippen LogP contribution < -0.4 is 0 Å². The Morgan fingerprint density at radius 1 is 0.318 bits per heavy atom. The molecule has 0 aliphatic carbocycles. The Kier molecular flexibility index (Phi) is 52.8. The van der Waals surface area contributed by atoms with Gasteiger partial charge < -0.3 is 14.2 Å². The van der Waals surface area contributed by atoms with Gasteiger partial charge in [0, 0.05) is 19.3 Å². The highest BCUT2D eigenvalue weighted by Gasteiger charge is 2.19. The minimum atomic E-state index is -0.775. The monoisotopic (exact) mass is 925 g/mol. The van der Waals surface area contributed by atoms with Gasteiger partial charge in [0.1, 0.15) is 13.2 Å². The maximum absolute atomic E-state index is 12.8. The fourth-order valence-electron chi connectivity index (χ4n) is 8.28. The van der Waals surface area contributed by atoms with Gasteiger partial charge in [-0.15, -0.1) is 0 Å². The van der Waals surface area contributed by atoms with E-state index in [-0.39, 0.29) is 31.1 Å². The number of allylic oxidation sites excluding steroid dienone is 8. The van der Waals surface area contributed by atoms with Crippen LogP contribution in [0.25, 0.3) is 0 Å². The predicted molar refractivity (Wildman–Crippen MR) is 284 cm³/mol. The van der Waals surface area contributed by atoms with Crippen molar-refractivity contribution in [2.45, 2.75) is 303 Å². The summed E-state index contributed by atoms with van der Waals surface area (Å²) in [5, 5.41) is 0. The van der Waals surface area contributed by atoms with E-state index < -0.39 is 6.10 Å². The highest BCUT2D eigenvalue weighted by molar-refractivity contribution is 5.71. The minimum Gasteiger partial charge on any atom is -0.462 e. The average Bonchev–Trinajstić information content (AvgIpc) is 3.31. The minimum absolute atomic E-state index is 0.0732. The summed E-state index contributed by atoms with van der Waals surface area (Å²) < 4.78 is 16.9. The molecule has 0 aliphatic rings. The second-order valence-corrected chi connectivity index (χ2v) is 19.2. The highest BCUT2D eigenvalue weighted by atomic mass is 16.6. The van der Waals surface area contributed by atoms with Crippen LogP contribution in [0.15, 0.2) is 48.6 Å². The van der Waals surface area contributed by atoms with Crippen molar-refractivity contribution >= 4 is 17.9 Å². The Hall–Kier alpha value is -2.63. The van der Waals surface area contributed by atoms with Gasteiger partial charge in [-0.25, -0.2) is 0 Å². The number of hydrogen-bond acceptors (Lipinski definition) is 6. The average molecular weight is 926 g/mol. The number of unbranched alkanes of at least 4 members (excludes halogenated alkanes) is 33. The molecule has 6 heteroatoms. The highest BCUT2D eigenvalue weighted by Crippen LogP contribution is 2.16. The quantitative estimate of drug-likeness (QED) is 0.0262. The van der Waals surface area contributed by atoms with Crippen molar-refractivity contribution in [3.8, 4) is 0 Å². The fourth-order valence-corrected chi connectivity index (χ4v) is 8.28. The summed E-state index contributed by atoms with van der Waals surface area (Å²) in [5.74, 6) is -0.869. The molecule has 0 N–H and O–H groups in total. The van der Waals surface area contributed by atoms with Crippen LogP contribution in [-0.4, -0.2) is 37.2 Å². The molecule has 1 atom stereocenters. The Morgan fingerprint density at radius 3 is 0.955 bits per heavy atom. The molecule has 0 aromatic carbocycles. The molecule has 0 heterocycles. The number of hydrogen-bond donors (Lipinski definition) is 0. The largest absolute Gasteiger partial charge is 0.462 e. The van der Waals surface area contributed by atoms with Gasteiger partial charge in [0.15, 0.2) is 6.10 Å². The van der Waals surface area contributed by atoms with E-state index in [9.17, 15) is 14.4 Å². The predicted octanol–water partition coefficient (Wildman–Crippen LogP) is 19.0. The topological polar surface area (TPSA) is 78.9 Å². The number of carbonyl (C=O) groups is 3. The van der Waals surface area contributed by atoms with Crippen molar-refractivity contribution in [3.05, 3.63) is 48.6 Å². The molecule has 0 spiro atoms. The van der Waals surface area contributed by atoms with Crippen LogP contribution in [0.5, 0.6) is 0 Å². The van der Waals surface area contributed by atoms with Gasteiger partial charge >= 0.3 is 17.9 Å². The van der Waals surface area contributed by atoms with E-state index >= 15 is 0 Å². The Bertz CT molecular complexity index is 1150. The summed E-state index contributed by atoms with van der Waals surface area (Å²) in [6.07, 6.45) is 66.7. The van der Waals surface area contributed by atoms with Gasteiger partial charge in [-0.2, -0.15) is 0 Å². The first-order valence-electron chi connectivity index (χ1n) is 28.6. The van der Waals surface area contributed by atoms with Gasteiger partial charge in [0.2, 0.25) is 0 Å². The molecule has 66 heavy (non-hydrogen) atoms. The lowest BCUT2D eigenvalue weighted by Gasteiger charge is -2.18. The van der Waals surface area contributed by atoms with Crippen molar-refractivity contribution < 1.29 is 28.6 Å². The molecular formula is C60H108O6. The van der Waals surface area contributed by atoms with Gasteiger partial charge in [-0.3, -0.25) is 14.4 Å². The molecule has 0 aromatic rings. The van der Waals surface area contributed by atoms with Crippen molar-refractivity contribution in [3.63, 3.8) is 0 Å². The lowest BCUT2D eigenvalue weighted by Crippen LogP contribution is -2.30. The van der Waals surface area contributed by atoms with Crippen LogP contribution in [0.4, 0.5) is 0 Å². The summed E-state index contributed by atoms with van der Waals surface area (Å²) in [6, 6.07) is 0. The van der Waals surface area contributed by atoms with Gasteiger partial charge in [0.05, 0.1) is 0 Å². The lowest BCUT2D eigenvalue weighted by molar-refractivity contribution is -0.167. The summed E-state index contributed by atoms with van der Waals surface area (Å²) in [5.41, 5.74) is 0. The number of ether oxygens (including phenoxy) is 3. The van der Waals surface area contributed by atoms with Gasteiger partial charge in [-0.1, -0.05) is 249 Å². The second-order valence-electron chi connectivity index (χ2n) is 19.2. The molecule has 0 rings (SSSR count). The third kappa shape index (κ3) is 52.3. The molecule has 0 aromatic heterocycles. The summed E-state index contributed by atoms with van der Waals surface area (Å²) in [4.78, 5) is 38.1. The third-order valence-electron chi connectivity index (χ3n) is 12.6.